The van der Waals surface area contributed by atoms with Gasteiger partial charge in [0.1, 0.15) is 5.02 Å². The van der Waals surface area contributed by atoms with Gasteiger partial charge in [-0.3, -0.25) is 0 Å². The van der Waals surface area contributed by atoms with Crippen molar-refractivity contribution in [3.8, 4) is 0 Å². The highest BCUT2D eigenvalue weighted by Crippen LogP contribution is 2.25. The zero-order chi connectivity index (χ0) is 12.1. The molecule has 1 aromatic heterocycles. The van der Waals surface area contributed by atoms with Gasteiger partial charge in [0, 0.05) is 19.1 Å². The number of nitrogens with zero attached hydrogens (tertiary/aromatic N) is 3. The van der Waals surface area contributed by atoms with Crippen LogP contribution in [-0.4, -0.2) is 29.1 Å². The molecule has 4 nitrogen and oxygen atoms in total. The third-order valence-corrected chi connectivity index (χ3v) is 2.56. The Balaban J connectivity index is 3.04. The Morgan fingerprint density at radius 3 is 2.62 bits per heavy atom. The Hall–Kier alpha value is -1.03. The topological polar surface area (TPSA) is 41.1 Å². The molecular weight excluding hydrogens is 224 g/mol. The average Bonchev–Trinajstić information content (AvgIpc) is 2.23. The molecule has 0 atom stereocenters. The van der Waals surface area contributed by atoms with Gasteiger partial charge >= 0.3 is 0 Å². The van der Waals surface area contributed by atoms with E-state index >= 15 is 0 Å². The van der Waals surface area contributed by atoms with Crippen LogP contribution in [0, 0.1) is 0 Å². The van der Waals surface area contributed by atoms with Gasteiger partial charge in [-0.05, 0) is 27.7 Å². The van der Waals surface area contributed by atoms with Gasteiger partial charge in [0.15, 0.2) is 5.82 Å². The van der Waals surface area contributed by atoms with Crippen LogP contribution >= 0.6 is 11.6 Å². The van der Waals surface area contributed by atoms with Crippen LogP contribution < -0.4 is 10.2 Å². The van der Waals surface area contributed by atoms with Crippen molar-refractivity contribution in [2.45, 2.75) is 33.7 Å². The Morgan fingerprint density at radius 1 is 1.44 bits per heavy atom. The third-order valence-electron chi connectivity index (χ3n) is 2.30. The first kappa shape index (κ1) is 13.0. The summed E-state index contributed by atoms with van der Waals surface area (Å²) >= 11 is 6.12. The van der Waals surface area contributed by atoms with Crippen LogP contribution in [0.2, 0.25) is 5.02 Å². The van der Waals surface area contributed by atoms with Crippen molar-refractivity contribution in [1.82, 2.24) is 9.97 Å². The molecule has 0 aliphatic carbocycles. The van der Waals surface area contributed by atoms with E-state index in [-0.39, 0.29) is 0 Å². The zero-order valence-electron chi connectivity index (χ0n) is 10.3. The van der Waals surface area contributed by atoms with Crippen molar-refractivity contribution in [2.24, 2.45) is 0 Å². The Labute approximate surface area is 102 Å². The minimum atomic E-state index is 0.367. The summed E-state index contributed by atoms with van der Waals surface area (Å²) in [4.78, 5) is 10.7. The molecule has 1 heterocycles. The first-order valence-corrected chi connectivity index (χ1v) is 6.01. The molecule has 1 N–H and O–H groups in total. The Bertz CT molecular complexity index is 341. The van der Waals surface area contributed by atoms with Crippen LogP contribution in [-0.2, 0) is 0 Å². The van der Waals surface area contributed by atoms with Crippen molar-refractivity contribution >= 4 is 23.4 Å². The number of nitrogens with one attached hydrogen (secondary N) is 1. The summed E-state index contributed by atoms with van der Waals surface area (Å²) in [6.45, 7) is 10.0. The lowest BCUT2D eigenvalue weighted by Gasteiger charge is -2.27. The second kappa shape index (κ2) is 5.89. The first-order valence-electron chi connectivity index (χ1n) is 5.63. The van der Waals surface area contributed by atoms with Gasteiger partial charge in [0.25, 0.3) is 0 Å². The van der Waals surface area contributed by atoms with Crippen LogP contribution in [0.4, 0.5) is 11.8 Å². The van der Waals surface area contributed by atoms with E-state index in [9.17, 15) is 0 Å². The largest absolute Gasteiger partial charge is 0.354 e. The van der Waals surface area contributed by atoms with Gasteiger partial charge in [-0.25, -0.2) is 4.98 Å². The average molecular weight is 243 g/mol. The maximum atomic E-state index is 6.12. The van der Waals surface area contributed by atoms with E-state index in [2.05, 4.69) is 41.0 Å². The van der Waals surface area contributed by atoms with Crippen LogP contribution in [0.15, 0.2) is 6.20 Å². The number of hydrogen-bond acceptors (Lipinski definition) is 4. The Morgan fingerprint density at radius 2 is 2.12 bits per heavy atom. The minimum Gasteiger partial charge on any atom is -0.354 e. The summed E-state index contributed by atoms with van der Waals surface area (Å²) in [6, 6.07) is 0.367. The highest BCUT2D eigenvalue weighted by atomic mass is 35.5. The quantitative estimate of drug-likeness (QED) is 0.862. The number of hydrogen-bond donors (Lipinski definition) is 1. The molecule has 1 aromatic rings. The summed E-state index contributed by atoms with van der Waals surface area (Å²) in [7, 11) is 0. The van der Waals surface area contributed by atoms with Crippen molar-refractivity contribution < 1.29 is 0 Å². The molecule has 0 saturated heterocycles. The van der Waals surface area contributed by atoms with E-state index < -0.39 is 0 Å². The van der Waals surface area contributed by atoms with Crippen molar-refractivity contribution in [3.05, 3.63) is 11.2 Å². The fourth-order valence-electron chi connectivity index (χ4n) is 1.56. The van der Waals surface area contributed by atoms with Gasteiger partial charge in [0.2, 0.25) is 5.95 Å². The van der Waals surface area contributed by atoms with Gasteiger partial charge in [-0.1, -0.05) is 11.6 Å². The lowest BCUT2D eigenvalue weighted by molar-refractivity contribution is 0.692. The normalized spacial score (nSPS) is 10.6. The molecule has 0 saturated carbocycles. The van der Waals surface area contributed by atoms with Crippen LogP contribution in [0.5, 0.6) is 0 Å². The molecule has 1 rings (SSSR count). The first-order chi connectivity index (χ1) is 7.60. The van der Waals surface area contributed by atoms with Crippen molar-refractivity contribution in [1.29, 1.82) is 0 Å². The van der Waals surface area contributed by atoms with E-state index in [0.29, 0.717) is 17.0 Å². The predicted octanol–water partition coefficient (Wildman–Crippen LogP) is 2.80. The smallest absolute Gasteiger partial charge is 0.224 e. The van der Waals surface area contributed by atoms with Gasteiger partial charge in [-0.2, -0.15) is 4.98 Å². The van der Waals surface area contributed by atoms with E-state index in [1.54, 1.807) is 6.20 Å². The summed E-state index contributed by atoms with van der Waals surface area (Å²) in [6.07, 6.45) is 1.65. The summed E-state index contributed by atoms with van der Waals surface area (Å²) in [5.41, 5.74) is 0. The zero-order valence-corrected chi connectivity index (χ0v) is 11.0. The minimum absolute atomic E-state index is 0.367. The Kier molecular flexibility index (Phi) is 4.80. The van der Waals surface area contributed by atoms with E-state index in [1.165, 1.54) is 0 Å². The SMILES string of the molecule is CCNc1ncc(Cl)c(N(CC)C(C)C)n1. The molecule has 90 valence electrons. The number of aromatic nitrogens is 2. The predicted molar refractivity (Wildman–Crippen MR) is 69.4 cm³/mol. The number of halogens is 1. The summed E-state index contributed by atoms with van der Waals surface area (Å²) in [5, 5.41) is 3.68. The van der Waals surface area contributed by atoms with Gasteiger partial charge in [0.05, 0.1) is 6.20 Å². The molecular formula is C11H19ClN4. The summed E-state index contributed by atoms with van der Waals surface area (Å²) in [5.74, 6) is 1.42. The lowest BCUT2D eigenvalue weighted by Crippen LogP contribution is -2.31. The maximum Gasteiger partial charge on any atom is 0.224 e. The molecule has 0 radical (unpaired) electrons. The lowest BCUT2D eigenvalue weighted by atomic mass is 10.3. The molecule has 16 heavy (non-hydrogen) atoms. The van der Waals surface area contributed by atoms with E-state index in [4.69, 9.17) is 11.6 Å². The molecule has 0 aromatic carbocycles. The monoisotopic (exact) mass is 242 g/mol. The highest BCUT2D eigenvalue weighted by molar-refractivity contribution is 6.32. The fraction of sp³-hybridized carbons (Fsp3) is 0.636. The molecule has 0 amide bonds. The van der Waals surface area contributed by atoms with Crippen molar-refractivity contribution in [3.63, 3.8) is 0 Å². The molecule has 0 fully saturated rings. The number of anilines is 2. The molecule has 0 aliphatic heterocycles. The van der Waals surface area contributed by atoms with Crippen LogP contribution in [0.3, 0.4) is 0 Å². The van der Waals surface area contributed by atoms with E-state index in [0.717, 1.165) is 18.9 Å². The van der Waals surface area contributed by atoms with Crippen LogP contribution in [0.25, 0.3) is 0 Å². The van der Waals surface area contributed by atoms with Crippen LogP contribution in [0.1, 0.15) is 27.7 Å². The van der Waals surface area contributed by atoms with Crippen molar-refractivity contribution in [2.75, 3.05) is 23.3 Å². The fourth-order valence-corrected chi connectivity index (χ4v) is 1.76. The molecule has 0 aliphatic rings. The third kappa shape index (κ3) is 2.98. The standard InChI is InChI=1S/C11H19ClN4/c1-5-13-11-14-7-9(12)10(15-11)16(6-2)8(3)4/h7-8H,5-6H2,1-4H3,(H,13,14,15). The molecule has 0 spiro atoms. The molecule has 0 bridgehead atoms. The second-order valence-corrected chi connectivity index (χ2v) is 4.18. The van der Waals surface area contributed by atoms with E-state index in [1.807, 2.05) is 6.92 Å². The summed E-state index contributed by atoms with van der Waals surface area (Å²) < 4.78 is 0. The number of rotatable bonds is 5. The second-order valence-electron chi connectivity index (χ2n) is 3.78. The maximum absolute atomic E-state index is 6.12. The van der Waals surface area contributed by atoms with Gasteiger partial charge in [-0.15, -0.1) is 0 Å². The van der Waals surface area contributed by atoms with Gasteiger partial charge < -0.3 is 10.2 Å². The molecule has 0 unspecified atom stereocenters. The highest BCUT2D eigenvalue weighted by Gasteiger charge is 2.14. The molecule has 5 heteroatoms.